The molecular weight excluding hydrogens is 334 g/mol. The predicted molar refractivity (Wildman–Crippen MR) is 110 cm³/mol. The summed E-state index contributed by atoms with van der Waals surface area (Å²) in [5.74, 6) is 0.173. The average molecular weight is 361 g/mol. The van der Waals surface area contributed by atoms with Crippen molar-refractivity contribution in [3.05, 3.63) is 78.0 Å². The predicted octanol–water partition coefficient (Wildman–Crippen LogP) is 3.41. The van der Waals surface area contributed by atoms with Crippen molar-refractivity contribution in [2.75, 3.05) is 37.6 Å². The van der Waals surface area contributed by atoms with Crippen LogP contribution in [0.1, 0.15) is 22.8 Å². The van der Waals surface area contributed by atoms with Gasteiger partial charge in [0, 0.05) is 55.7 Å². The number of rotatable bonds is 4. The molecule has 0 radical (unpaired) electrons. The first-order valence-electron chi connectivity index (χ1n) is 9.75. The summed E-state index contributed by atoms with van der Waals surface area (Å²) < 4.78 is 0. The summed E-state index contributed by atoms with van der Waals surface area (Å²) in [6.45, 7) is 10.9. The van der Waals surface area contributed by atoms with E-state index >= 15 is 0 Å². The molecule has 0 bridgehead atoms. The molecule has 1 saturated heterocycles. The van der Waals surface area contributed by atoms with Crippen LogP contribution >= 0.6 is 0 Å². The van der Waals surface area contributed by atoms with Crippen LogP contribution in [0.3, 0.4) is 0 Å². The second-order valence-corrected chi connectivity index (χ2v) is 7.56. The Morgan fingerprint density at radius 2 is 1.78 bits per heavy atom. The van der Waals surface area contributed by atoms with E-state index in [0.29, 0.717) is 6.04 Å². The van der Waals surface area contributed by atoms with Crippen LogP contribution in [0.5, 0.6) is 0 Å². The number of hydrogen-bond donors (Lipinski definition) is 0. The lowest BCUT2D eigenvalue weighted by Crippen LogP contribution is -2.52. The number of anilines is 1. The number of fused-ring (bicyclic) bond motifs is 1. The van der Waals surface area contributed by atoms with Crippen molar-refractivity contribution in [1.82, 2.24) is 9.80 Å². The number of hydrogen-bond acceptors (Lipinski definition) is 3. The van der Waals surface area contributed by atoms with Crippen molar-refractivity contribution in [1.29, 1.82) is 0 Å². The fourth-order valence-corrected chi connectivity index (χ4v) is 4.31. The molecule has 0 saturated carbocycles. The zero-order valence-electron chi connectivity index (χ0n) is 16.0. The van der Waals surface area contributed by atoms with Gasteiger partial charge in [-0.1, -0.05) is 43.0 Å². The Morgan fingerprint density at radius 1 is 1.04 bits per heavy atom. The molecule has 2 aliphatic heterocycles. The molecule has 2 aromatic rings. The molecule has 140 valence electrons. The maximum absolute atomic E-state index is 12.7. The second kappa shape index (κ2) is 7.57. The van der Waals surface area contributed by atoms with Gasteiger partial charge in [-0.2, -0.15) is 0 Å². The Hall–Kier alpha value is -2.59. The third-order valence-electron chi connectivity index (χ3n) is 5.62. The molecule has 1 unspecified atom stereocenters. The third-order valence-corrected chi connectivity index (χ3v) is 5.62. The zero-order valence-corrected chi connectivity index (χ0v) is 16.0. The highest BCUT2D eigenvalue weighted by Crippen LogP contribution is 2.26. The van der Waals surface area contributed by atoms with Gasteiger partial charge in [0.05, 0.1) is 0 Å². The summed E-state index contributed by atoms with van der Waals surface area (Å²) in [5, 5.41) is 0. The van der Waals surface area contributed by atoms with Gasteiger partial charge in [-0.05, 0) is 37.1 Å². The van der Waals surface area contributed by atoms with Crippen molar-refractivity contribution in [3.8, 4) is 0 Å². The second-order valence-electron chi connectivity index (χ2n) is 7.56. The molecule has 4 rings (SSSR count). The van der Waals surface area contributed by atoms with Crippen molar-refractivity contribution < 1.29 is 4.79 Å². The number of amides is 1. The maximum atomic E-state index is 12.7. The largest absolute Gasteiger partial charge is 0.340 e. The van der Waals surface area contributed by atoms with Crippen LogP contribution in [-0.2, 0) is 6.42 Å². The Bertz CT molecular complexity index is 833. The first-order chi connectivity index (χ1) is 13.1. The van der Waals surface area contributed by atoms with Gasteiger partial charge in [-0.25, -0.2) is 0 Å². The fourth-order valence-electron chi connectivity index (χ4n) is 4.31. The minimum Gasteiger partial charge on any atom is -0.340 e. The van der Waals surface area contributed by atoms with E-state index in [4.69, 9.17) is 0 Å². The molecule has 2 heterocycles. The molecule has 0 spiro atoms. The number of para-hydroxylation sites is 1. The summed E-state index contributed by atoms with van der Waals surface area (Å²) >= 11 is 0. The highest BCUT2D eigenvalue weighted by atomic mass is 16.2. The van der Waals surface area contributed by atoms with Crippen molar-refractivity contribution in [2.45, 2.75) is 19.4 Å². The summed E-state index contributed by atoms with van der Waals surface area (Å²) in [4.78, 5) is 19.5. The van der Waals surface area contributed by atoms with Gasteiger partial charge in [0.25, 0.3) is 5.91 Å². The van der Waals surface area contributed by atoms with Gasteiger partial charge in [0.2, 0.25) is 0 Å². The molecule has 2 aliphatic rings. The normalized spacial score (nSPS) is 20.7. The number of benzene rings is 2. The van der Waals surface area contributed by atoms with Gasteiger partial charge in [0.15, 0.2) is 0 Å². The molecular formula is C23H27N3O. The quantitative estimate of drug-likeness (QED) is 0.835. The summed E-state index contributed by atoms with van der Waals surface area (Å²) in [6, 6.07) is 18.8. The van der Waals surface area contributed by atoms with Gasteiger partial charge in [-0.3, -0.25) is 9.69 Å². The van der Waals surface area contributed by atoms with Gasteiger partial charge in [0.1, 0.15) is 0 Å². The minimum atomic E-state index is 0.173. The van der Waals surface area contributed by atoms with E-state index in [9.17, 15) is 4.79 Å². The lowest BCUT2D eigenvalue weighted by atomic mass is 9.99. The molecule has 2 aromatic carbocycles. The molecule has 0 aliphatic carbocycles. The first kappa shape index (κ1) is 17.8. The fraction of sp³-hybridized carbons (Fsp3) is 0.348. The monoisotopic (exact) mass is 361 g/mol. The maximum Gasteiger partial charge on any atom is 0.254 e. The Balaban J connectivity index is 1.37. The van der Waals surface area contributed by atoms with E-state index in [1.807, 2.05) is 29.2 Å². The van der Waals surface area contributed by atoms with E-state index in [1.54, 1.807) is 0 Å². The molecule has 1 atom stereocenters. The van der Waals surface area contributed by atoms with E-state index in [-0.39, 0.29) is 5.91 Å². The van der Waals surface area contributed by atoms with Crippen LogP contribution in [0.15, 0.2) is 66.9 Å². The number of nitrogens with zero attached hydrogens (tertiary/aromatic N) is 3. The van der Waals surface area contributed by atoms with Crippen LogP contribution in [-0.4, -0.2) is 54.5 Å². The number of carbonyl (C=O) groups is 1. The van der Waals surface area contributed by atoms with Crippen LogP contribution in [0, 0.1) is 0 Å². The SMILES string of the molecule is C=C1CN(CCN2CCc3ccccc3C2=O)CC(C)N1c1ccccc1. The van der Waals surface area contributed by atoms with Gasteiger partial charge < -0.3 is 9.80 Å². The molecule has 1 amide bonds. The van der Waals surface area contributed by atoms with E-state index < -0.39 is 0 Å². The molecule has 4 heteroatoms. The van der Waals surface area contributed by atoms with Crippen molar-refractivity contribution in [2.24, 2.45) is 0 Å². The summed E-state index contributed by atoms with van der Waals surface area (Å²) in [7, 11) is 0. The Morgan fingerprint density at radius 3 is 2.56 bits per heavy atom. The molecule has 27 heavy (non-hydrogen) atoms. The average Bonchev–Trinajstić information content (AvgIpc) is 2.68. The first-order valence-corrected chi connectivity index (χ1v) is 9.75. The zero-order chi connectivity index (χ0) is 18.8. The lowest BCUT2D eigenvalue weighted by molar-refractivity contribution is 0.0717. The van der Waals surface area contributed by atoms with E-state index in [0.717, 1.165) is 50.4 Å². The van der Waals surface area contributed by atoms with Gasteiger partial charge in [-0.15, -0.1) is 0 Å². The molecule has 0 aromatic heterocycles. The smallest absolute Gasteiger partial charge is 0.254 e. The molecule has 4 nitrogen and oxygen atoms in total. The van der Waals surface area contributed by atoms with Crippen molar-refractivity contribution in [3.63, 3.8) is 0 Å². The number of piperazine rings is 1. The summed E-state index contributed by atoms with van der Waals surface area (Å²) in [6.07, 6.45) is 0.951. The Kier molecular flexibility index (Phi) is 4.99. The van der Waals surface area contributed by atoms with Crippen LogP contribution < -0.4 is 4.90 Å². The topological polar surface area (TPSA) is 26.8 Å². The van der Waals surface area contributed by atoms with Crippen LogP contribution in [0.25, 0.3) is 0 Å². The minimum absolute atomic E-state index is 0.173. The standard InChI is InChI=1S/C23H27N3O/c1-18-16-24(17-19(2)26(18)21-9-4-3-5-10-21)14-15-25-13-12-20-8-6-7-11-22(20)23(25)27/h3-11,19H,1,12-17H2,2H3. The lowest BCUT2D eigenvalue weighted by Gasteiger charge is -2.43. The van der Waals surface area contributed by atoms with Crippen LogP contribution in [0.2, 0.25) is 0 Å². The van der Waals surface area contributed by atoms with E-state index in [1.165, 1.54) is 11.3 Å². The van der Waals surface area contributed by atoms with Crippen LogP contribution in [0.4, 0.5) is 5.69 Å². The third kappa shape index (κ3) is 3.62. The molecule has 0 N–H and O–H groups in total. The Labute approximate surface area is 161 Å². The van der Waals surface area contributed by atoms with Crippen molar-refractivity contribution >= 4 is 11.6 Å². The summed E-state index contributed by atoms with van der Waals surface area (Å²) in [5.41, 5.74) is 4.38. The molecule has 1 fully saturated rings. The highest BCUT2D eigenvalue weighted by Gasteiger charge is 2.28. The van der Waals surface area contributed by atoms with E-state index in [2.05, 4.69) is 53.6 Å². The number of carbonyl (C=O) groups excluding carboxylic acids is 1. The highest BCUT2D eigenvalue weighted by molar-refractivity contribution is 5.96. The van der Waals surface area contributed by atoms with Gasteiger partial charge >= 0.3 is 0 Å².